The van der Waals surface area contributed by atoms with Gasteiger partial charge in [0.1, 0.15) is 30.2 Å². The Labute approximate surface area is 129 Å². The number of nitrogens with zero attached hydrogens (tertiary/aromatic N) is 4. The van der Waals surface area contributed by atoms with Crippen molar-refractivity contribution in [1.82, 2.24) is 19.5 Å². The number of hydrogen-bond donors (Lipinski definition) is 3. The van der Waals surface area contributed by atoms with E-state index in [-0.39, 0.29) is 12.4 Å². The number of aliphatic hydroxyl groups excluding tert-OH is 1. The van der Waals surface area contributed by atoms with Gasteiger partial charge in [0, 0.05) is 0 Å². The van der Waals surface area contributed by atoms with Crippen LogP contribution in [0.15, 0.2) is 12.7 Å². The van der Waals surface area contributed by atoms with Gasteiger partial charge in [-0.15, -0.1) is 0 Å². The van der Waals surface area contributed by atoms with Crippen molar-refractivity contribution in [2.45, 2.75) is 24.5 Å². The van der Waals surface area contributed by atoms with Crippen LogP contribution in [-0.4, -0.2) is 54.4 Å². The van der Waals surface area contributed by atoms with Crippen molar-refractivity contribution in [3.8, 4) is 0 Å². The third-order valence-electron chi connectivity index (χ3n) is 3.64. The van der Waals surface area contributed by atoms with Crippen molar-refractivity contribution in [3.63, 3.8) is 0 Å². The molecule has 2 aromatic heterocycles. The number of imidazole rings is 1. The molecule has 0 radical (unpaired) electrons. The Hall–Kier alpha value is -1.20. The highest BCUT2D eigenvalue weighted by atomic mass is 32.5. The predicted molar refractivity (Wildman–Crippen MR) is 77.0 cm³/mol. The average molecular weight is 345 g/mol. The molecule has 4 rings (SSSR count). The van der Waals surface area contributed by atoms with Crippen molar-refractivity contribution in [3.05, 3.63) is 12.7 Å². The topological polar surface area (TPSA) is 138 Å². The molecule has 0 bridgehead atoms. The second-order valence-electron chi connectivity index (χ2n) is 4.94. The monoisotopic (exact) mass is 345 g/mol. The highest BCUT2D eigenvalue weighted by molar-refractivity contribution is 8.07. The average Bonchev–Trinajstić information content (AvgIpc) is 3.10. The second kappa shape index (κ2) is 4.90. The summed E-state index contributed by atoms with van der Waals surface area (Å²) in [5.41, 5.74) is 6.64. The number of nitrogens with two attached hydrogens (primary N) is 1. The van der Waals surface area contributed by atoms with E-state index in [4.69, 9.17) is 31.3 Å². The molecule has 2 aromatic rings. The normalized spacial score (nSPS) is 37.7. The summed E-state index contributed by atoms with van der Waals surface area (Å²) < 4.78 is 18.1. The number of ether oxygens (including phenoxy) is 1. The zero-order valence-corrected chi connectivity index (χ0v) is 12.7. The van der Waals surface area contributed by atoms with E-state index in [0.29, 0.717) is 11.2 Å². The molecule has 12 heteroatoms. The summed E-state index contributed by atoms with van der Waals surface area (Å²) in [6, 6.07) is 0. The van der Waals surface area contributed by atoms with Crippen LogP contribution in [-0.2, 0) is 25.6 Å². The number of hydrogen-bond acceptors (Lipinski definition) is 9. The summed E-state index contributed by atoms with van der Waals surface area (Å²) in [6.07, 6.45) is 0.125. The first-order valence-electron chi connectivity index (χ1n) is 6.39. The minimum atomic E-state index is -3.33. The Kier molecular flexibility index (Phi) is 3.20. The van der Waals surface area contributed by atoms with Crippen molar-refractivity contribution >= 4 is 35.5 Å². The molecule has 2 aliphatic heterocycles. The Morgan fingerprint density at radius 1 is 1.32 bits per heavy atom. The third kappa shape index (κ3) is 2.06. The first kappa shape index (κ1) is 14.4. The maximum absolute atomic E-state index is 9.86. The van der Waals surface area contributed by atoms with E-state index in [2.05, 4.69) is 15.0 Å². The minimum Gasteiger partial charge on any atom is -0.394 e. The van der Waals surface area contributed by atoms with E-state index in [9.17, 15) is 10.00 Å². The molecule has 118 valence electrons. The molecule has 2 saturated heterocycles. The number of fused-ring (bicyclic) bond motifs is 2. The van der Waals surface area contributed by atoms with Crippen LogP contribution in [0, 0.1) is 0 Å². The molecule has 2 fully saturated rings. The standard InChI is InChI=1S/C10H12N5O5PS/c11-8-5-9(13-2-12-8)15(3-14-5)10-7-6(4(1-16)18-10)19-21(17,22)20-7/h2-4,6-7,10,16H,1H2,(H,17,22)(H2,11,12,13). The zero-order chi connectivity index (χ0) is 15.5. The molecule has 2 aliphatic rings. The van der Waals surface area contributed by atoms with Crippen LogP contribution < -0.4 is 5.73 Å². The molecule has 0 amide bonds. The number of rotatable bonds is 2. The smallest absolute Gasteiger partial charge is 0.325 e. The van der Waals surface area contributed by atoms with Gasteiger partial charge >= 0.3 is 6.72 Å². The van der Waals surface area contributed by atoms with Gasteiger partial charge in [0.05, 0.1) is 12.9 Å². The molecule has 0 aliphatic carbocycles. The summed E-state index contributed by atoms with van der Waals surface area (Å²) in [7, 11) is 0. The Bertz CT molecular complexity index is 786. The van der Waals surface area contributed by atoms with Gasteiger partial charge in [0.15, 0.2) is 17.7 Å². The maximum Gasteiger partial charge on any atom is 0.325 e. The zero-order valence-electron chi connectivity index (χ0n) is 11.0. The molecule has 10 nitrogen and oxygen atoms in total. The van der Waals surface area contributed by atoms with Crippen LogP contribution in [0.25, 0.3) is 11.2 Å². The van der Waals surface area contributed by atoms with Crippen LogP contribution in [0.5, 0.6) is 0 Å². The van der Waals surface area contributed by atoms with Gasteiger partial charge < -0.3 is 20.5 Å². The summed E-state index contributed by atoms with van der Waals surface area (Å²) in [6.45, 7) is -3.62. The summed E-state index contributed by atoms with van der Waals surface area (Å²) in [4.78, 5) is 22.0. The fourth-order valence-electron chi connectivity index (χ4n) is 2.71. The van der Waals surface area contributed by atoms with Gasteiger partial charge in [-0.1, -0.05) is 0 Å². The Balaban J connectivity index is 1.78. The highest BCUT2D eigenvalue weighted by Gasteiger charge is 2.55. The lowest BCUT2D eigenvalue weighted by Crippen LogP contribution is -2.30. The minimum absolute atomic E-state index is 0.243. The molecule has 0 spiro atoms. The maximum atomic E-state index is 9.86. The van der Waals surface area contributed by atoms with Crippen LogP contribution in [0.1, 0.15) is 6.23 Å². The highest BCUT2D eigenvalue weighted by Crippen LogP contribution is 2.58. The van der Waals surface area contributed by atoms with Crippen molar-refractivity contribution in [2.75, 3.05) is 12.3 Å². The van der Waals surface area contributed by atoms with E-state index < -0.39 is 31.3 Å². The summed E-state index contributed by atoms with van der Waals surface area (Å²) in [5.74, 6) is 0.243. The lowest BCUT2D eigenvalue weighted by Gasteiger charge is -2.19. The molecular formula is C10H12N5O5PS. The molecule has 4 heterocycles. The second-order valence-corrected chi connectivity index (χ2v) is 7.68. The molecular weight excluding hydrogens is 333 g/mol. The van der Waals surface area contributed by atoms with E-state index in [1.807, 2.05) is 0 Å². The SMILES string of the molecule is Nc1ncnc2c1ncn2C1OC(CO)C2OP(O)(=S)OC21. The van der Waals surface area contributed by atoms with E-state index >= 15 is 0 Å². The summed E-state index contributed by atoms with van der Waals surface area (Å²) >= 11 is 4.88. The Morgan fingerprint density at radius 2 is 2.09 bits per heavy atom. The predicted octanol–water partition coefficient (Wildman–Crippen LogP) is -0.701. The fraction of sp³-hybridized carbons (Fsp3) is 0.500. The first-order valence-corrected chi connectivity index (χ1v) is 8.98. The molecule has 5 atom stereocenters. The van der Waals surface area contributed by atoms with E-state index in [1.54, 1.807) is 4.57 Å². The van der Waals surface area contributed by atoms with Gasteiger partial charge in [-0.2, -0.15) is 0 Å². The first-order chi connectivity index (χ1) is 10.5. The lowest BCUT2D eigenvalue weighted by molar-refractivity contribution is -0.0560. The van der Waals surface area contributed by atoms with Crippen LogP contribution >= 0.6 is 6.72 Å². The quantitative estimate of drug-likeness (QED) is 0.599. The van der Waals surface area contributed by atoms with Crippen LogP contribution in [0.2, 0.25) is 0 Å². The van der Waals surface area contributed by atoms with Crippen molar-refractivity contribution in [2.24, 2.45) is 0 Å². The van der Waals surface area contributed by atoms with Crippen molar-refractivity contribution < 1.29 is 23.8 Å². The van der Waals surface area contributed by atoms with Gasteiger partial charge in [-0.3, -0.25) is 13.6 Å². The van der Waals surface area contributed by atoms with E-state index in [0.717, 1.165) is 0 Å². The van der Waals surface area contributed by atoms with Crippen molar-refractivity contribution in [1.29, 1.82) is 0 Å². The van der Waals surface area contributed by atoms with Crippen LogP contribution in [0.3, 0.4) is 0 Å². The molecule has 0 aromatic carbocycles. The Morgan fingerprint density at radius 3 is 2.86 bits per heavy atom. The largest absolute Gasteiger partial charge is 0.394 e. The number of aromatic nitrogens is 4. The number of nitrogen functional groups attached to an aromatic ring is 1. The third-order valence-corrected chi connectivity index (χ3v) is 5.17. The lowest BCUT2D eigenvalue weighted by atomic mass is 10.1. The number of aliphatic hydroxyl groups is 1. The van der Waals surface area contributed by atoms with Gasteiger partial charge in [-0.05, 0) is 11.8 Å². The summed E-state index contributed by atoms with van der Waals surface area (Å²) in [5, 5.41) is 9.42. The van der Waals surface area contributed by atoms with Gasteiger partial charge in [0.2, 0.25) is 0 Å². The van der Waals surface area contributed by atoms with Gasteiger partial charge in [-0.25, -0.2) is 15.0 Å². The van der Waals surface area contributed by atoms with Gasteiger partial charge in [0.25, 0.3) is 0 Å². The molecule has 5 unspecified atom stereocenters. The van der Waals surface area contributed by atoms with Crippen LogP contribution in [0.4, 0.5) is 5.82 Å². The molecule has 22 heavy (non-hydrogen) atoms. The fourth-order valence-corrected chi connectivity index (χ4v) is 4.45. The molecule has 0 saturated carbocycles. The van der Waals surface area contributed by atoms with E-state index in [1.165, 1.54) is 12.7 Å². The molecule has 4 N–H and O–H groups in total. The number of anilines is 1.